The molecular formula is C10H14N2O4S. The molecule has 0 saturated heterocycles. The molecule has 6 nitrogen and oxygen atoms in total. The highest BCUT2D eigenvalue weighted by Gasteiger charge is 2.10. The summed E-state index contributed by atoms with van der Waals surface area (Å²) in [5.41, 5.74) is 0.707. The lowest BCUT2D eigenvalue weighted by Crippen LogP contribution is -2.04. The Balaban J connectivity index is 2.44. The average molecular weight is 258 g/mol. The van der Waals surface area contributed by atoms with E-state index in [0.29, 0.717) is 23.8 Å². The van der Waals surface area contributed by atoms with E-state index in [1.165, 1.54) is 11.3 Å². The second-order valence-corrected chi connectivity index (χ2v) is 4.61. The summed E-state index contributed by atoms with van der Waals surface area (Å²) < 4.78 is 0. The minimum atomic E-state index is -0.880. The van der Waals surface area contributed by atoms with Crippen LogP contribution in [0.5, 0.6) is 0 Å². The SMILES string of the molecule is Cc1nc(NCCCC(=O)O)sc1CC(=O)O. The minimum Gasteiger partial charge on any atom is -0.481 e. The highest BCUT2D eigenvalue weighted by Crippen LogP contribution is 2.22. The van der Waals surface area contributed by atoms with Crippen molar-refractivity contribution in [1.82, 2.24) is 4.98 Å². The van der Waals surface area contributed by atoms with E-state index in [9.17, 15) is 9.59 Å². The van der Waals surface area contributed by atoms with Gasteiger partial charge < -0.3 is 15.5 Å². The highest BCUT2D eigenvalue weighted by molar-refractivity contribution is 7.15. The Labute approximate surface area is 102 Å². The Bertz CT molecular complexity index is 416. The normalized spacial score (nSPS) is 10.2. The van der Waals surface area contributed by atoms with Gasteiger partial charge in [0.05, 0.1) is 12.1 Å². The topological polar surface area (TPSA) is 99.5 Å². The molecule has 0 radical (unpaired) electrons. The number of carboxylic acid groups (broad SMARTS) is 2. The largest absolute Gasteiger partial charge is 0.481 e. The summed E-state index contributed by atoms with van der Waals surface area (Å²) in [7, 11) is 0. The molecule has 0 spiro atoms. The first-order valence-corrected chi connectivity index (χ1v) is 5.94. The summed E-state index contributed by atoms with van der Waals surface area (Å²) in [5, 5.41) is 20.7. The number of carboxylic acids is 2. The Kier molecular flexibility index (Phi) is 4.89. The van der Waals surface area contributed by atoms with Crippen LogP contribution in [0.3, 0.4) is 0 Å². The van der Waals surface area contributed by atoms with Gasteiger partial charge in [0.25, 0.3) is 0 Å². The Morgan fingerprint density at radius 3 is 2.65 bits per heavy atom. The third kappa shape index (κ3) is 4.81. The van der Waals surface area contributed by atoms with Crippen LogP contribution in [0.2, 0.25) is 0 Å². The predicted molar refractivity (Wildman–Crippen MR) is 63.6 cm³/mol. The van der Waals surface area contributed by atoms with Gasteiger partial charge in [0, 0.05) is 17.8 Å². The third-order valence-electron chi connectivity index (χ3n) is 2.05. The second kappa shape index (κ2) is 6.19. The van der Waals surface area contributed by atoms with Crippen LogP contribution in [0.1, 0.15) is 23.4 Å². The number of aryl methyl sites for hydroxylation is 1. The van der Waals surface area contributed by atoms with Gasteiger partial charge in [-0.05, 0) is 13.3 Å². The van der Waals surface area contributed by atoms with E-state index < -0.39 is 11.9 Å². The molecule has 0 amide bonds. The minimum absolute atomic E-state index is 0.0275. The van der Waals surface area contributed by atoms with Crippen LogP contribution >= 0.6 is 11.3 Å². The molecule has 0 aliphatic carbocycles. The van der Waals surface area contributed by atoms with Crippen LogP contribution in [0, 0.1) is 6.92 Å². The molecule has 0 fully saturated rings. The van der Waals surface area contributed by atoms with Gasteiger partial charge in [-0.1, -0.05) is 0 Å². The lowest BCUT2D eigenvalue weighted by molar-refractivity contribution is -0.137. The lowest BCUT2D eigenvalue weighted by Gasteiger charge is -1.99. The van der Waals surface area contributed by atoms with Gasteiger partial charge in [0.15, 0.2) is 5.13 Å². The summed E-state index contributed by atoms with van der Waals surface area (Å²) in [4.78, 5) is 25.7. The van der Waals surface area contributed by atoms with Crippen molar-refractivity contribution in [3.05, 3.63) is 10.6 Å². The zero-order valence-electron chi connectivity index (χ0n) is 9.39. The van der Waals surface area contributed by atoms with Crippen molar-refractivity contribution in [3.63, 3.8) is 0 Å². The number of nitrogens with zero attached hydrogens (tertiary/aromatic N) is 1. The summed E-state index contributed by atoms with van der Waals surface area (Å²) in [5.74, 6) is -1.71. The van der Waals surface area contributed by atoms with Gasteiger partial charge in [-0.15, -0.1) is 11.3 Å². The number of aliphatic carboxylic acids is 2. The Morgan fingerprint density at radius 2 is 2.06 bits per heavy atom. The number of hydrogen-bond donors (Lipinski definition) is 3. The monoisotopic (exact) mass is 258 g/mol. The number of anilines is 1. The standard InChI is InChI=1S/C10H14N2O4S/c1-6-7(5-9(15)16)17-10(12-6)11-4-2-3-8(13)14/h2-5H2,1H3,(H,11,12)(H,13,14)(H,15,16). The molecule has 94 valence electrons. The van der Waals surface area contributed by atoms with Crippen molar-refractivity contribution in [2.45, 2.75) is 26.2 Å². The molecule has 1 heterocycles. The smallest absolute Gasteiger partial charge is 0.308 e. The lowest BCUT2D eigenvalue weighted by atomic mass is 10.3. The van der Waals surface area contributed by atoms with Crippen LogP contribution in [0.15, 0.2) is 0 Å². The number of hydrogen-bond acceptors (Lipinski definition) is 5. The van der Waals surface area contributed by atoms with E-state index in [1.807, 2.05) is 0 Å². The maximum Gasteiger partial charge on any atom is 0.308 e. The van der Waals surface area contributed by atoms with E-state index in [1.54, 1.807) is 6.92 Å². The van der Waals surface area contributed by atoms with Gasteiger partial charge >= 0.3 is 11.9 Å². The number of nitrogens with one attached hydrogen (secondary N) is 1. The first-order valence-electron chi connectivity index (χ1n) is 5.13. The number of carbonyl (C=O) groups is 2. The van der Waals surface area contributed by atoms with Gasteiger partial charge in [0.2, 0.25) is 0 Å². The molecule has 0 saturated carbocycles. The van der Waals surface area contributed by atoms with E-state index in [4.69, 9.17) is 10.2 Å². The van der Waals surface area contributed by atoms with Crippen LogP contribution in [-0.2, 0) is 16.0 Å². The predicted octanol–water partition coefficient (Wildman–Crippen LogP) is 1.36. The molecule has 1 aromatic heterocycles. The van der Waals surface area contributed by atoms with Gasteiger partial charge in [-0.3, -0.25) is 9.59 Å². The first kappa shape index (κ1) is 13.4. The molecule has 1 aromatic rings. The fourth-order valence-corrected chi connectivity index (χ4v) is 2.22. The van der Waals surface area contributed by atoms with Crippen molar-refractivity contribution in [2.75, 3.05) is 11.9 Å². The summed E-state index contributed by atoms with van der Waals surface area (Å²) >= 11 is 1.30. The zero-order chi connectivity index (χ0) is 12.8. The second-order valence-electron chi connectivity index (χ2n) is 3.52. The van der Waals surface area contributed by atoms with Gasteiger partial charge in [0.1, 0.15) is 0 Å². The molecule has 0 unspecified atom stereocenters. The van der Waals surface area contributed by atoms with Crippen molar-refractivity contribution in [1.29, 1.82) is 0 Å². The summed E-state index contributed by atoms with van der Waals surface area (Å²) in [6, 6.07) is 0. The van der Waals surface area contributed by atoms with Crippen molar-refractivity contribution in [2.24, 2.45) is 0 Å². The fourth-order valence-electron chi connectivity index (χ4n) is 1.24. The maximum absolute atomic E-state index is 10.6. The molecule has 0 aliphatic rings. The Morgan fingerprint density at radius 1 is 1.35 bits per heavy atom. The van der Waals surface area contributed by atoms with Crippen LogP contribution in [0.4, 0.5) is 5.13 Å². The summed E-state index contributed by atoms with van der Waals surface area (Å²) in [6.45, 7) is 2.28. The molecule has 0 bridgehead atoms. The van der Waals surface area contributed by atoms with Crippen LogP contribution in [0.25, 0.3) is 0 Å². The molecule has 1 rings (SSSR count). The molecule has 3 N–H and O–H groups in total. The van der Waals surface area contributed by atoms with Gasteiger partial charge in [-0.25, -0.2) is 4.98 Å². The van der Waals surface area contributed by atoms with Gasteiger partial charge in [-0.2, -0.15) is 0 Å². The molecule has 7 heteroatoms. The zero-order valence-corrected chi connectivity index (χ0v) is 10.2. The maximum atomic E-state index is 10.6. The summed E-state index contributed by atoms with van der Waals surface area (Å²) in [6.07, 6.45) is 0.599. The van der Waals surface area contributed by atoms with Crippen LogP contribution < -0.4 is 5.32 Å². The number of thiazole rings is 1. The quantitative estimate of drug-likeness (QED) is 0.638. The van der Waals surface area contributed by atoms with E-state index >= 15 is 0 Å². The highest BCUT2D eigenvalue weighted by atomic mass is 32.1. The number of aromatic nitrogens is 1. The molecule has 0 aliphatic heterocycles. The molecule has 0 aromatic carbocycles. The number of rotatable bonds is 7. The fraction of sp³-hybridized carbons (Fsp3) is 0.500. The van der Waals surface area contributed by atoms with E-state index in [0.717, 1.165) is 4.88 Å². The van der Waals surface area contributed by atoms with Crippen molar-refractivity contribution in [3.8, 4) is 0 Å². The third-order valence-corrected chi connectivity index (χ3v) is 3.16. The van der Waals surface area contributed by atoms with Crippen molar-refractivity contribution < 1.29 is 19.8 Å². The van der Waals surface area contributed by atoms with Crippen molar-refractivity contribution >= 4 is 28.4 Å². The average Bonchev–Trinajstić information content (AvgIpc) is 2.53. The molecular weight excluding hydrogens is 244 g/mol. The Hall–Kier alpha value is -1.63. The van der Waals surface area contributed by atoms with E-state index in [2.05, 4.69) is 10.3 Å². The molecule has 17 heavy (non-hydrogen) atoms. The first-order chi connectivity index (χ1) is 7.99. The van der Waals surface area contributed by atoms with E-state index in [-0.39, 0.29) is 12.8 Å². The molecule has 0 atom stereocenters. The van der Waals surface area contributed by atoms with Crippen LogP contribution in [-0.4, -0.2) is 33.7 Å².